The number of hydrogen-bond acceptors (Lipinski definition) is 3. The molecule has 0 aromatic carbocycles. The topological polar surface area (TPSA) is 38.7 Å². The normalized spacial score (nSPS) is 8.00. The van der Waals surface area contributed by atoms with Crippen LogP contribution in [-0.2, 0) is 0 Å². The highest BCUT2D eigenvalue weighted by atomic mass is 15.3. The van der Waals surface area contributed by atoms with Crippen LogP contribution in [-0.4, -0.2) is 15.4 Å². The van der Waals surface area contributed by atoms with Crippen molar-refractivity contribution in [3.05, 3.63) is 67.0 Å². The van der Waals surface area contributed by atoms with Crippen molar-refractivity contribution in [3.63, 3.8) is 0 Å². The molecule has 1 rings (SSSR count). The molecular formula is C11H11N3. The molecule has 0 N–H and O–H groups in total. The van der Waals surface area contributed by atoms with E-state index >= 15 is 0 Å². The lowest BCUT2D eigenvalue weighted by atomic mass is 10.4. The summed E-state index contributed by atoms with van der Waals surface area (Å²) in [5.41, 5.74) is 0. The predicted octanol–water partition coefficient (Wildman–Crippen LogP) is 2.12. The lowest BCUT2D eigenvalue weighted by Crippen LogP contribution is -1.74. The molecular weight excluding hydrogens is 174 g/mol. The monoisotopic (exact) mass is 185 g/mol. The molecule has 1 aromatic rings. The average molecular weight is 185 g/mol. The van der Waals surface area contributed by atoms with E-state index in [1.165, 1.54) is 0 Å². The van der Waals surface area contributed by atoms with Crippen LogP contribution in [0.1, 0.15) is 0 Å². The van der Waals surface area contributed by atoms with E-state index < -0.39 is 0 Å². The minimum Gasteiger partial charge on any atom is -0.139 e. The van der Waals surface area contributed by atoms with Crippen molar-refractivity contribution in [2.45, 2.75) is 0 Å². The molecule has 1 heterocycles. The Balaban J connectivity index is 3.00. The SMILES string of the molecule is c1cccccnnnccccc1. The van der Waals surface area contributed by atoms with Gasteiger partial charge in [-0.2, -0.15) is 0 Å². The molecule has 0 amide bonds. The minimum atomic E-state index is 1.58. The summed E-state index contributed by atoms with van der Waals surface area (Å²) in [6.45, 7) is 0. The van der Waals surface area contributed by atoms with Crippen LogP contribution in [0.4, 0.5) is 0 Å². The summed E-state index contributed by atoms with van der Waals surface area (Å²) in [6.07, 6.45) is 3.15. The summed E-state index contributed by atoms with van der Waals surface area (Å²) in [4.78, 5) is 0. The van der Waals surface area contributed by atoms with Crippen LogP contribution in [0.2, 0.25) is 0 Å². The van der Waals surface area contributed by atoms with E-state index in [0.717, 1.165) is 0 Å². The van der Waals surface area contributed by atoms with Crippen LogP contribution in [0, 0.1) is 0 Å². The first kappa shape index (κ1) is 10.1. The van der Waals surface area contributed by atoms with Gasteiger partial charge in [-0.15, -0.1) is 10.2 Å². The van der Waals surface area contributed by atoms with Crippen LogP contribution in [0.5, 0.6) is 0 Å². The Kier molecular flexibility index (Phi) is 5.47. The summed E-state index contributed by atoms with van der Waals surface area (Å²) < 4.78 is 0. The van der Waals surface area contributed by atoms with Crippen molar-refractivity contribution in [2.75, 3.05) is 0 Å². The van der Waals surface area contributed by atoms with Crippen LogP contribution in [0.25, 0.3) is 0 Å². The van der Waals surface area contributed by atoms with Crippen molar-refractivity contribution in [1.29, 1.82) is 0 Å². The molecule has 0 aliphatic heterocycles. The van der Waals surface area contributed by atoms with Gasteiger partial charge in [0.2, 0.25) is 0 Å². The fraction of sp³-hybridized carbons (Fsp3) is 0. The lowest BCUT2D eigenvalue weighted by Gasteiger charge is -1.69. The van der Waals surface area contributed by atoms with Crippen LogP contribution < -0.4 is 0 Å². The van der Waals surface area contributed by atoms with Gasteiger partial charge in [-0.25, -0.2) is 0 Å². The zero-order chi connectivity index (χ0) is 9.90. The van der Waals surface area contributed by atoms with Crippen molar-refractivity contribution in [2.24, 2.45) is 0 Å². The fourth-order valence-corrected chi connectivity index (χ4v) is 0.715. The van der Waals surface area contributed by atoms with Crippen LogP contribution in [0.3, 0.4) is 0 Å². The predicted molar refractivity (Wildman–Crippen MR) is 55.1 cm³/mol. The second-order valence-electron chi connectivity index (χ2n) is 2.35. The Hall–Kier alpha value is -2.03. The quantitative estimate of drug-likeness (QED) is 0.621. The summed E-state index contributed by atoms with van der Waals surface area (Å²) >= 11 is 0. The fourth-order valence-electron chi connectivity index (χ4n) is 0.715. The number of nitrogens with zero attached hydrogens (tertiary/aromatic N) is 3. The average Bonchev–Trinajstić information content (AvgIpc) is 2.22. The van der Waals surface area contributed by atoms with E-state index in [1.54, 1.807) is 24.5 Å². The first-order valence-electron chi connectivity index (χ1n) is 4.25. The summed E-state index contributed by atoms with van der Waals surface area (Å²) in [6, 6.07) is 17.0. The molecule has 0 aliphatic carbocycles. The zero-order valence-corrected chi connectivity index (χ0v) is 7.69. The molecule has 0 saturated heterocycles. The number of hydrogen-bond donors (Lipinski definition) is 0. The van der Waals surface area contributed by atoms with Gasteiger partial charge in [-0.3, -0.25) is 0 Å². The maximum atomic E-state index is 3.68. The lowest BCUT2D eigenvalue weighted by molar-refractivity contribution is 0.883. The Bertz CT molecular complexity index is 223. The van der Waals surface area contributed by atoms with Gasteiger partial charge < -0.3 is 0 Å². The Labute approximate surface area is 83.1 Å². The van der Waals surface area contributed by atoms with E-state index in [0.29, 0.717) is 0 Å². The summed E-state index contributed by atoms with van der Waals surface area (Å²) in [5.74, 6) is 0. The largest absolute Gasteiger partial charge is 0.139 e. The van der Waals surface area contributed by atoms with Crippen molar-refractivity contribution >= 4 is 0 Å². The van der Waals surface area contributed by atoms with Gasteiger partial charge in [-0.1, -0.05) is 42.5 Å². The highest BCUT2D eigenvalue weighted by molar-refractivity contribution is 4.94. The number of aromatic nitrogens is 3. The molecule has 70 valence electrons. The molecule has 0 atom stereocenters. The maximum absolute atomic E-state index is 3.68. The summed E-state index contributed by atoms with van der Waals surface area (Å²) in [7, 11) is 0. The molecule has 0 unspecified atom stereocenters. The van der Waals surface area contributed by atoms with Gasteiger partial charge in [-0.05, 0) is 17.3 Å². The van der Waals surface area contributed by atoms with Crippen LogP contribution >= 0.6 is 0 Å². The van der Waals surface area contributed by atoms with Gasteiger partial charge in [0.05, 0.1) is 12.4 Å². The van der Waals surface area contributed by atoms with E-state index in [2.05, 4.69) is 15.4 Å². The van der Waals surface area contributed by atoms with Crippen molar-refractivity contribution in [3.8, 4) is 0 Å². The first-order valence-corrected chi connectivity index (χ1v) is 4.25. The minimum absolute atomic E-state index is 1.58. The standard InChI is InChI=1S/C11H11N3/c1-2-4-6-8-10-12-14-13-11-9-7-5-3-1/h1-11H. The highest BCUT2D eigenvalue weighted by Gasteiger charge is 1.59. The molecule has 0 bridgehead atoms. The third-order valence-corrected chi connectivity index (χ3v) is 1.30. The third-order valence-electron chi connectivity index (χ3n) is 1.30. The zero-order valence-electron chi connectivity index (χ0n) is 7.69. The Morgan fingerprint density at radius 3 is 1.21 bits per heavy atom. The smallest absolute Gasteiger partial charge is 0.0513 e. The van der Waals surface area contributed by atoms with Crippen LogP contribution in [0.15, 0.2) is 67.0 Å². The molecule has 3 heteroatoms. The molecule has 0 radical (unpaired) electrons. The maximum Gasteiger partial charge on any atom is 0.0513 e. The molecule has 3 nitrogen and oxygen atoms in total. The molecule has 1 aromatic heterocycles. The Morgan fingerprint density at radius 2 is 0.786 bits per heavy atom. The van der Waals surface area contributed by atoms with E-state index in [9.17, 15) is 0 Å². The van der Waals surface area contributed by atoms with Gasteiger partial charge in [0, 0.05) is 0 Å². The van der Waals surface area contributed by atoms with Crippen molar-refractivity contribution < 1.29 is 0 Å². The van der Waals surface area contributed by atoms with E-state index in [-0.39, 0.29) is 0 Å². The Morgan fingerprint density at radius 1 is 0.429 bits per heavy atom. The van der Waals surface area contributed by atoms with Gasteiger partial charge in [0.1, 0.15) is 0 Å². The van der Waals surface area contributed by atoms with Gasteiger partial charge in [0.25, 0.3) is 0 Å². The number of rotatable bonds is 0. The second kappa shape index (κ2) is 7.61. The molecule has 0 fully saturated rings. The second-order valence-corrected chi connectivity index (χ2v) is 2.35. The molecule has 14 heavy (non-hydrogen) atoms. The van der Waals surface area contributed by atoms with E-state index in [4.69, 9.17) is 0 Å². The van der Waals surface area contributed by atoms with Gasteiger partial charge >= 0.3 is 0 Å². The van der Waals surface area contributed by atoms with E-state index in [1.807, 2.05) is 42.5 Å². The highest BCUT2D eigenvalue weighted by Crippen LogP contribution is 1.76. The van der Waals surface area contributed by atoms with Gasteiger partial charge in [0.15, 0.2) is 0 Å². The molecule has 0 saturated carbocycles. The molecule has 0 aliphatic rings. The molecule has 0 spiro atoms. The van der Waals surface area contributed by atoms with Crippen molar-refractivity contribution in [1.82, 2.24) is 15.4 Å². The summed E-state index contributed by atoms with van der Waals surface area (Å²) in [5, 5.41) is 10.9. The third kappa shape index (κ3) is 5.60. The first-order chi connectivity index (χ1) is 7.00.